The van der Waals surface area contributed by atoms with Crippen molar-refractivity contribution in [2.45, 2.75) is 45.8 Å². The molecule has 1 N–H and O–H groups in total. The Morgan fingerprint density at radius 2 is 2.05 bits per heavy atom. The molecule has 2 aromatic heterocycles. The topological polar surface area (TPSA) is 72.2 Å². The lowest BCUT2D eigenvalue weighted by atomic mass is 10.1. The first-order valence-corrected chi connectivity index (χ1v) is 7.98. The van der Waals surface area contributed by atoms with Gasteiger partial charge < -0.3 is 5.32 Å². The summed E-state index contributed by atoms with van der Waals surface area (Å²) in [5.74, 6) is 1.31. The molecule has 0 aromatic carbocycles. The highest BCUT2D eigenvalue weighted by Crippen LogP contribution is 2.15. The summed E-state index contributed by atoms with van der Waals surface area (Å²) in [7, 11) is 0. The van der Waals surface area contributed by atoms with Crippen LogP contribution in [0.4, 0.5) is 0 Å². The summed E-state index contributed by atoms with van der Waals surface area (Å²) in [5, 5.41) is 7.90. The smallest absolute Gasteiger partial charge is 0.253 e. The molecule has 1 atom stereocenters. The van der Waals surface area contributed by atoms with Crippen LogP contribution in [0, 0.1) is 19.8 Å². The van der Waals surface area contributed by atoms with Gasteiger partial charge in [-0.15, -0.1) is 5.10 Å². The largest absolute Gasteiger partial charge is 0.353 e. The Morgan fingerprint density at radius 1 is 1.33 bits per heavy atom. The second kappa shape index (κ2) is 6.43. The Bertz CT molecular complexity index is 652. The van der Waals surface area contributed by atoms with Gasteiger partial charge in [0, 0.05) is 17.4 Å². The standard InChI is InChI=1S/C14H21N5OS/c1-8(2)11(5)16-12(20)7-21-14-17-13-15-9(3)6-10(4)19(13)18-14/h6,8,11H,7H2,1-5H3,(H,16,20)/t11-/m0/s1. The minimum atomic E-state index is 0.000850. The number of nitrogens with one attached hydrogen (secondary N) is 1. The van der Waals surface area contributed by atoms with Gasteiger partial charge in [0.2, 0.25) is 11.1 Å². The van der Waals surface area contributed by atoms with Crippen LogP contribution in [0.1, 0.15) is 32.2 Å². The average Bonchev–Trinajstić information content (AvgIpc) is 2.79. The molecule has 0 aliphatic rings. The highest BCUT2D eigenvalue weighted by atomic mass is 32.2. The zero-order valence-corrected chi connectivity index (χ0v) is 13.9. The van der Waals surface area contributed by atoms with E-state index in [1.807, 2.05) is 26.8 Å². The molecule has 0 saturated heterocycles. The van der Waals surface area contributed by atoms with Gasteiger partial charge in [-0.05, 0) is 32.8 Å². The summed E-state index contributed by atoms with van der Waals surface area (Å²) in [6.07, 6.45) is 0. The second-order valence-electron chi connectivity index (χ2n) is 5.53. The van der Waals surface area contributed by atoms with E-state index in [9.17, 15) is 4.79 Å². The van der Waals surface area contributed by atoms with Gasteiger partial charge in [-0.25, -0.2) is 9.50 Å². The number of fused-ring (bicyclic) bond motifs is 1. The first-order valence-electron chi connectivity index (χ1n) is 7.00. The van der Waals surface area contributed by atoms with Crippen LogP contribution in [-0.2, 0) is 4.79 Å². The SMILES string of the molecule is Cc1cc(C)n2nc(SCC(=O)N[C@@H](C)C(C)C)nc2n1. The number of rotatable bonds is 5. The molecule has 2 rings (SSSR count). The lowest BCUT2D eigenvalue weighted by molar-refractivity contribution is -0.119. The molecule has 114 valence electrons. The van der Waals surface area contributed by atoms with Crippen molar-refractivity contribution in [2.24, 2.45) is 5.92 Å². The van der Waals surface area contributed by atoms with Crippen LogP contribution in [0.2, 0.25) is 0 Å². The van der Waals surface area contributed by atoms with E-state index in [0.717, 1.165) is 11.4 Å². The number of thioether (sulfide) groups is 1. The van der Waals surface area contributed by atoms with E-state index in [1.165, 1.54) is 11.8 Å². The third-order valence-corrected chi connectivity index (χ3v) is 4.16. The fourth-order valence-corrected chi connectivity index (χ4v) is 2.43. The molecule has 0 aliphatic carbocycles. The maximum absolute atomic E-state index is 11.9. The number of carbonyl (C=O) groups is 1. The Balaban J connectivity index is 2.01. The molecule has 6 nitrogen and oxygen atoms in total. The summed E-state index contributed by atoms with van der Waals surface area (Å²) < 4.78 is 1.70. The fraction of sp³-hybridized carbons (Fsp3) is 0.571. The Kier molecular flexibility index (Phi) is 4.82. The van der Waals surface area contributed by atoms with Crippen molar-refractivity contribution in [3.63, 3.8) is 0 Å². The van der Waals surface area contributed by atoms with E-state index in [1.54, 1.807) is 4.52 Å². The minimum Gasteiger partial charge on any atom is -0.353 e. The van der Waals surface area contributed by atoms with E-state index in [2.05, 4.69) is 34.2 Å². The molecule has 0 spiro atoms. The van der Waals surface area contributed by atoms with Crippen LogP contribution in [0.25, 0.3) is 5.78 Å². The maximum atomic E-state index is 11.9. The molecule has 1 amide bonds. The number of hydrogen-bond donors (Lipinski definition) is 1. The van der Waals surface area contributed by atoms with E-state index >= 15 is 0 Å². The third kappa shape index (κ3) is 3.93. The summed E-state index contributed by atoms with van der Waals surface area (Å²) in [6, 6.07) is 2.12. The van der Waals surface area contributed by atoms with Crippen molar-refractivity contribution in [1.29, 1.82) is 0 Å². The number of carbonyl (C=O) groups excluding carboxylic acids is 1. The number of amides is 1. The van der Waals surface area contributed by atoms with Crippen molar-refractivity contribution in [2.75, 3.05) is 5.75 Å². The van der Waals surface area contributed by atoms with E-state index in [-0.39, 0.29) is 11.9 Å². The zero-order chi connectivity index (χ0) is 15.6. The molecule has 2 heterocycles. The molecule has 0 bridgehead atoms. The van der Waals surface area contributed by atoms with Crippen molar-refractivity contribution < 1.29 is 4.79 Å². The van der Waals surface area contributed by atoms with E-state index < -0.39 is 0 Å². The predicted octanol–water partition coefficient (Wildman–Crippen LogP) is 1.99. The highest BCUT2D eigenvalue weighted by Gasteiger charge is 2.13. The molecule has 2 aromatic rings. The van der Waals surface area contributed by atoms with Gasteiger partial charge in [0.05, 0.1) is 5.75 Å². The van der Waals surface area contributed by atoms with Crippen LogP contribution in [-0.4, -0.2) is 37.3 Å². The third-order valence-electron chi connectivity index (χ3n) is 3.32. The highest BCUT2D eigenvalue weighted by molar-refractivity contribution is 7.99. The van der Waals surface area contributed by atoms with Crippen LogP contribution < -0.4 is 5.32 Å². The predicted molar refractivity (Wildman–Crippen MR) is 83.4 cm³/mol. The van der Waals surface area contributed by atoms with Crippen molar-refractivity contribution in [1.82, 2.24) is 24.9 Å². The van der Waals surface area contributed by atoms with E-state index in [4.69, 9.17) is 0 Å². The summed E-state index contributed by atoms with van der Waals surface area (Å²) in [5.41, 5.74) is 1.89. The van der Waals surface area contributed by atoms with Gasteiger partial charge >= 0.3 is 0 Å². The molecule has 21 heavy (non-hydrogen) atoms. The number of hydrogen-bond acceptors (Lipinski definition) is 5. The van der Waals surface area contributed by atoms with E-state index in [0.29, 0.717) is 22.6 Å². The quantitative estimate of drug-likeness (QED) is 0.855. The average molecular weight is 307 g/mol. The van der Waals surface area contributed by atoms with Crippen molar-refractivity contribution >= 4 is 23.4 Å². The zero-order valence-electron chi connectivity index (χ0n) is 13.0. The van der Waals surface area contributed by atoms with Gasteiger partial charge in [0.1, 0.15) is 0 Å². The lowest BCUT2D eigenvalue weighted by Gasteiger charge is -2.16. The molecule has 0 fully saturated rings. The van der Waals surface area contributed by atoms with Gasteiger partial charge in [-0.3, -0.25) is 4.79 Å². The van der Waals surface area contributed by atoms with Crippen LogP contribution >= 0.6 is 11.8 Å². The fourth-order valence-electron chi connectivity index (χ4n) is 1.80. The molecular weight excluding hydrogens is 286 g/mol. The lowest BCUT2D eigenvalue weighted by Crippen LogP contribution is -2.37. The maximum Gasteiger partial charge on any atom is 0.253 e. The summed E-state index contributed by atoms with van der Waals surface area (Å²) >= 11 is 1.33. The van der Waals surface area contributed by atoms with Gasteiger partial charge in [0.15, 0.2) is 0 Å². The number of aromatic nitrogens is 4. The van der Waals surface area contributed by atoms with Crippen molar-refractivity contribution in [3.05, 3.63) is 17.5 Å². The molecule has 0 radical (unpaired) electrons. The van der Waals surface area contributed by atoms with Crippen LogP contribution in [0.3, 0.4) is 0 Å². The Morgan fingerprint density at radius 3 is 2.71 bits per heavy atom. The Hall–Kier alpha value is -1.63. The van der Waals surface area contributed by atoms with Crippen LogP contribution in [0.5, 0.6) is 0 Å². The van der Waals surface area contributed by atoms with Gasteiger partial charge in [-0.1, -0.05) is 25.6 Å². The summed E-state index contributed by atoms with van der Waals surface area (Å²) in [4.78, 5) is 20.5. The normalized spacial score (nSPS) is 12.9. The first-order chi connectivity index (χ1) is 9.86. The molecule has 0 unspecified atom stereocenters. The molecular formula is C14H21N5OS. The van der Waals surface area contributed by atoms with Crippen LogP contribution in [0.15, 0.2) is 11.2 Å². The first kappa shape index (κ1) is 15.8. The molecule has 7 heteroatoms. The minimum absolute atomic E-state index is 0.000850. The van der Waals surface area contributed by atoms with Crippen molar-refractivity contribution in [3.8, 4) is 0 Å². The number of nitrogens with zero attached hydrogens (tertiary/aromatic N) is 4. The number of aryl methyl sites for hydroxylation is 2. The molecule has 0 saturated carbocycles. The van der Waals surface area contributed by atoms with Gasteiger partial charge in [-0.2, -0.15) is 4.98 Å². The Labute approximate surface area is 128 Å². The molecule has 0 aliphatic heterocycles. The monoisotopic (exact) mass is 307 g/mol. The van der Waals surface area contributed by atoms with Gasteiger partial charge in [0.25, 0.3) is 5.78 Å². The second-order valence-corrected chi connectivity index (χ2v) is 6.48. The summed E-state index contributed by atoms with van der Waals surface area (Å²) in [6.45, 7) is 10.1.